The fourth-order valence-corrected chi connectivity index (χ4v) is 2.96. The minimum absolute atomic E-state index is 0.0633. The Morgan fingerprint density at radius 1 is 1.22 bits per heavy atom. The molecule has 2 rings (SSSR count). The maximum atomic E-state index is 9.72. The topological polar surface area (TPSA) is 74.5 Å². The van der Waals surface area contributed by atoms with Crippen molar-refractivity contribution in [2.75, 3.05) is 19.8 Å². The summed E-state index contributed by atoms with van der Waals surface area (Å²) in [7, 11) is 0. The Labute approximate surface area is 138 Å². The van der Waals surface area contributed by atoms with Crippen molar-refractivity contribution in [1.29, 1.82) is 5.26 Å². The first-order valence-electron chi connectivity index (χ1n) is 8.26. The van der Waals surface area contributed by atoms with Gasteiger partial charge in [0.1, 0.15) is 6.04 Å². The smallest absolute Gasteiger partial charge is 0.165 e. The number of hydrogen-bond donors (Lipinski definition) is 2. The third kappa shape index (κ3) is 4.10. The van der Waals surface area contributed by atoms with Gasteiger partial charge in [-0.05, 0) is 32.3 Å². The molecule has 1 aliphatic rings. The normalized spacial score (nSPS) is 18.4. The summed E-state index contributed by atoms with van der Waals surface area (Å²) < 4.78 is 11.5. The van der Waals surface area contributed by atoms with Crippen molar-refractivity contribution in [3.63, 3.8) is 0 Å². The molecule has 126 valence electrons. The van der Waals surface area contributed by atoms with Crippen LogP contribution in [-0.2, 0) is 9.47 Å². The maximum absolute atomic E-state index is 9.72. The van der Waals surface area contributed by atoms with Crippen molar-refractivity contribution in [2.24, 2.45) is 5.41 Å². The molecule has 0 saturated heterocycles. The van der Waals surface area contributed by atoms with Gasteiger partial charge in [0, 0.05) is 13.2 Å². The molecule has 0 radical (unpaired) electrons. The van der Waals surface area contributed by atoms with E-state index in [4.69, 9.17) is 9.47 Å². The third-order valence-electron chi connectivity index (χ3n) is 4.39. The fraction of sp³-hybridized carbons (Fsp3) is 0.611. The summed E-state index contributed by atoms with van der Waals surface area (Å²) >= 11 is 0. The number of nitrogens with one attached hydrogen (secondary N) is 1. The number of aliphatic hydroxyl groups excluding tert-OH is 1. The van der Waals surface area contributed by atoms with Crippen LogP contribution in [-0.4, -0.2) is 37.3 Å². The molecule has 5 heteroatoms. The van der Waals surface area contributed by atoms with Crippen molar-refractivity contribution in [2.45, 2.75) is 45.1 Å². The lowest BCUT2D eigenvalue weighted by Crippen LogP contribution is -2.47. The largest absolute Gasteiger partial charge is 0.394 e. The molecule has 1 aromatic rings. The van der Waals surface area contributed by atoms with Crippen LogP contribution in [0.15, 0.2) is 30.3 Å². The van der Waals surface area contributed by atoms with Crippen molar-refractivity contribution in [3.8, 4) is 6.07 Å². The first-order chi connectivity index (χ1) is 11.2. The molecule has 0 aliphatic heterocycles. The lowest BCUT2D eigenvalue weighted by Gasteiger charge is -2.32. The standard InChI is InChI=1S/C18H26N2O3/c1-3-22-17(23-4-2)18(10-11-18)16(12-19)20-15(13-21)14-8-6-5-7-9-14/h5-9,15-17,20-21H,3-4,10-11,13H2,1-2H3/t15-,16+/m0/s1. The highest BCUT2D eigenvalue weighted by Gasteiger charge is 2.57. The minimum atomic E-state index is -0.428. The van der Waals surface area contributed by atoms with E-state index in [0.29, 0.717) is 13.2 Å². The predicted molar refractivity (Wildman–Crippen MR) is 87.5 cm³/mol. The Morgan fingerprint density at radius 3 is 2.26 bits per heavy atom. The molecular formula is C18H26N2O3. The average molecular weight is 318 g/mol. The van der Waals surface area contributed by atoms with Gasteiger partial charge in [0.25, 0.3) is 0 Å². The molecule has 0 amide bonds. The van der Waals surface area contributed by atoms with Gasteiger partial charge in [-0.25, -0.2) is 0 Å². The summed E-state index contributed by atoms with van der Waals surface area (Å²) in [5, 5.41) is 22.7. The van der Waals surface area contributed by atoms with Gasteiger partial charge >= 0.3 is 0 Å². The van der Waals surface area contributed by atoms with E-state index < -0.39 is 6.04 Å². The molecule has 1 fully saturated rings. The summed E-state index contributed by atoms with van der Waals surface area (Å²) in [4.78, 5) is 0. The van der Waals surface area contributed by atoms with Crippen LogP contribution in [0.5, 0.6) is 0 Å². The molecule has 0 heterocycles. The summed E-state index contributed by atoms with van der Waals surface area (Å²) in [6, 6.07) is 11.3. The van der Waals surface area contributed by atoms with E-state index >= 15 is 0 Å². The van der Waals surface area contributed by atoms with Crippen LogP contribution in [0, 0.1) is 16.7 Å². The molecule has 0 aromatic heterocycles. The van der Waals surface area contributed by atoms with Gasteiger partial charge in [0.15, 0.2) is 6.29 Å². The maximum Gasteiger partial charge on any atom is 0.165 e. The van der Waals surface area contributed by atoms with Crippen LogP contribution in [0.4, 0.5) is 0 Å². The van der Waals surface area contributed by atoms with Gasteiger partial charge in [0.05, 0.1) is 24.1 Å². The molecule has 0 bridgehead atoms. The molecule has 2 atom stereocenters. The zero-order valence-corrected chi connectivity index (χ0v) is 13.9. The average Bonchev–Trinajstić information content (AvgIpc) is 3.38. The van der Waals surface area contributed by atoms with Gasteiger partial charge in [0.2, 0.25) is 0 Å². The van der Waals surface area contributed by atoms with Gasteiger partial charge in [-0.15, -0.1) is 0 Å². The number of aliphatic hydroxyl groups is 1. The SMILES string of the molecule is CCOC(OCC)C1([C@@H](C#N)N[C@@H](CO)c2ccccc2)CC1. The zero-order chi connectivity index (χ0) is 16.7. The zero-order valence-electron chi connectivity index (χ0n) is 13.9. The third-order valence-corrected chi connectivity index (χ3v) is 4.39. The summed E-state index contributed by atoms with van der Waals surface area (Å²) in [6.45, 7) is 4.89. The molecule has 0 unspecified atom stereocenters. The molecule has 5 nitrogen and oxygen atoms in total. The lowest BCUT2D eigenvalue weighted by molar-refractivity contribution is -0.179. The Kier molecular flexibility index (Phi) is 6.55. The van der Waals surface area contributed by atoms with Crippen molar-refractivity contribution in [3.05, 3.63) is 35.9 Å². The number of nitriles is 1. The van der Waals surface area contributed by atoms with Crippen LogP contribution in [0.1, 0.15) is 38.3 Å². The Balaban J connectivity index is 2.14. The summed E-state index contributed by atoms with van der Waals surface area (Å²) in [5.74, 6) is 0. The summed E-state index contributed by atoms with van der Waals surface area (Å²) in [5.41, 5.74) is 0.638. The Bertz CT molecular complexity index is 505. The number of rotatable bonds is 10. The van der Waals surface area contributed by atoms with Crippen molar-refractivity contribution < 1.29 is 14.6 Å². The van der Waals surface area contributed by atoms with Crippen molar-refractivity contribution in [1.82, 2.24) is 5.32 Å². The highest BCUT2D eigenvalue weighted by Crippen LogP contribution is 2.53. The van der Waals surface area contributed by atoms with Gasteiger partial charge in [-0.1, -0.05) is 30.3 Å². The second kappa shape index (κ2) is 8.42. The van der Waals surface area contributed by atoms with Crippen LogP contribution >= 0.6 is 0 Å². The number of hydrogen-bond acceptors (Lipinski definition) is 5. The molecule has 1 aliphatic carbocycles. The predicted octanol–water partition coefficient (Wildman–Crippen LogP) is 2.38. The molecule has 1 aromatic carbocycles. The molecule has 1 saturated carbocycles. The quantitative estimate of drug-likeness (QED) is 0.648. The highest BCUT2D eigenvalue weighted by atomic mass is 16.7. The first-order valence-corrected chi connectivity index (χ1v) is 8.26. The molecular weight excluding hydrogens is 292 g/mol. The van der Waals surface area contributed by atoms with Gasteiger partial charge in [-0.2, -0.15) is 5.26 Å². The van der Waals surface area contributed by atoms with E-state index in [1.54, 1.807) is 0 Å². The fourth-order valence-electron chi connectivity index (χ4n) is 2.96. The van der Waals surface area contributed by atoms with E-state index in [-0.39, 0.29) is 24.4 Å². The minimum Gasteiger partial charge on any atom is -0.394 e. The van der Waals surface area contributed by atoms with Crippen LogP contribution in [0.25, 0.3) is 0 Å². The van der Waals surface area contributed by atoms with Gasteiger partial charge < -0.3 is 14.6 Å². The Morgan fingerprint density at radius 2 is 1.83 bits per heavy atom. The second-order valence-electron chi connectivity index (χ2n) is 5.85. The molecule has 2 N–H and O–H groups in total. The van der Waals surface area contributed by atoms with Crippen LogP contribution < -0.4 is 5.32 Å². The van der Waals surface area contributed by atoms with E-state index in [9.17, 15) is 10.4 Å². The highest BCUT2D eigenvalue weighted by molar-refractivity contribution is 5.21. The first kappa shape index (κ1) is 17.9. The number of benzene rings is 1. The molecule has 23 heavy (non-hydrogen) atoms. The van der Waals surface area contributed by atoms with E-state index in [0.717, 1.165) is 18.4 Å². The number of nitrogens with zero attached hydrogens (tertiary/aromatic N) is 1. The number of ether oxygens (including phenoxy) is 2. The van der Waals surface area contributed by atoms with Crippen molar-refractivity contribution >= 4 is 0 Å². The second-order valence-corrected chi connectivity index (χ2v) is 5.85. The lowest BCUT2D eigenvalue weighted by atomic mass is 9.94. The Hall–Kier alpha value is -1.45. The van der Waals surface area contributed by atoms with E-state index in [2.05, 4.69) is 11.4 Å². The van der Waals surface area contributed by atoms with Crippen LogP contribution in [0.2, 0.25) is 0 Å². The van der Waals surface area contributed by atoms with Gasteiger partial charge in [-0.3, -0.25) is 5.32 Å². The van der Waals surface area contributed by atoms with E-state index in [1.807, 2.05) is 44.2 Å². The summed E-state index contributed by atoms with van der Waals surface area (Å²) in [6.07, 6.45) is 1.39. The molecule has 0 spiro atoms. The monoisotopic (exact) mass is 318 g/mol. The van der Waals surface area contributed by atoms with Crippen LogP contribution in [0.3, 0.4) is 0 Å². The van der Waals surface area contributed by atoms with E-state index in [1.165, 1.54) is 0 Å².